The fourth-order valence-corrected chi connectivity index (χ4v) is 4.09. The Bertz CT molecular complexity index is 793. The topological polar surface area (TPSA) is 95.6 Å². The summed E-state index contributed by atoms with van der Waals surface area (Å²) in [6.45, 7) is 3.82. The first-order valence-electron chi connectivity index (χ1n) is 7.74. The van der Waals surface area contributed by atoms with E-state index in [1.165, 1.54) is 6.92 Å². The van der Waals surface area contributed by atoms with Gasteiger partial charge in [-0.3, -0.25) is 0 Å². The molecule has 2 aliphatic rings. The van der Waals surface area contributed by atoms with Crippen molar-refractivity contribution >= 4 is 20.0 Å². The number of nitrogens with zero attached hydrogens (tertiary/aromatic N) is 1. The molecule has 0 radical (unpaired) electrons. The van der Waals surface area contributed by atoms with Gasteiger partial charge < -0.3 is 4.90 Å². The molecule has 0 saturated heterocycles. The van der Waals surface area contributed by atoms with Gasteiger partial charge in [-0.05, 0) is 37.6 Å². The van der Waals surface area contributed by atoms with Crippen LogP contribution in [0.5, 0.6) is 0 Å². The highest BCUT2D eigenvalue weighted by Gasteiger charge is 2.25. The van der Waals surface area contributed by atoms with Crippen LogP contribution in [0.4, 0.5) is 0 Å². The van der Waals surface area contributed by atoms with E-state index in [4.69, 9.17) is 0 Å². The van der Waals surface area contributed by atoms with E-state index in [9.17, 15) is 16.8 Å². The van der Waals surface area contributed by atoms with Crippen LogP contribution in [-0.4, -0.2) is 52.4 Å². The van der Waals surface area contributed by atoms with Gasteiger partial charge in [0.2, 0.25) is 20.0 Å². The summed E-state index contributed by atoms with van der Waals surface area (Å²) in [5.41, 5.74) is 1.68. The number of nitrogens with one attached hydrogen (secondary N) is 2. The molecule has 0 aromatic carbocycles. The normalized spacial score (nSPS) is 18.8. The van der Waals surface area contributed by atoms with Gasteiger partial charge in [0.1, 0.15) is 0 Å². The predicted octanol–water partition coefficient (Wildman–Crippen LogP) is 0.443. The van der Waals surface area contributed by atoms with Crippen LogP contribution in [0.2, 0.25) is 0 Å². The zero-order chi connectivity index (χ0) is 17.8. The fourth-order valence-electron chi connectivity index (χ4n) is 2.31. The van der Waals surface area contributed by atoms with E-state index in [2.05, 4.69) is 9.44 Å². The molecule has 24 heavy (non-hydrogen) atoms. The monoisotopic (exact) mass is 373 g/mol. The fraction of sp³-hybridized carbons (Fsp3) is 0.467. The molecule has 134 valence electrons. The third-order valence-corrected chi connectivity index (χ3v) is 7.09. The molecule has 1 unspecified atom stereocenters. The molecular weight excluding hydrogens is 350 g/mol. The van der Waals surface area contributed by atoms with Crippen LogP contribution >= 0.6 is 0 Å². The van der Waals surface area contributed by atoms with Crippen molar-refractivity contribution in [3.05, 3.63) is 47.9 Å². The molecule has 0 saturated carbocycles. The summed E-state index contributed by atoms with van der Waals surface area (Å²) in [7, 11) is -6.90. The smallest absolute Gasteiger partial charge is 0.218 e. The Morgan fingerprint density at radius 2 is 1.88 bits per heavy atom. The lowest BCUT2D eigenvalue weighted by molar-refractivity contribution is 0.518. The Kier molecular flexibility index (Phi) is 6.02. The molecule has 2 heterocycles. The van der Waals surface area contributed by atoms with Crippen LogP contribution < -0.4 is 9.44 Å². The van der Waals surface area contributed by atoms with E-state index in [0.717, 1.165) is 11.3 Å². The van der Waals surface area contributed by atoms with Gasteiger partial charge in [0.05, 0.1) is 11.0 Å². The zero-order valence-electron chi connectivity index (χ0n) is 13.8. The summed E-state index contributed by atoms with van der Waals surface area (Å²) in [6, 6.07) is 0. The molecule has 0 aliphatic carbocycles. The second-order valence-corrected chi connectivity index (χ2v) is 9.69. The lowest BCUT2D eigenvalue weighted by atomic mass is 10.1. The minimum absolute atomic E-state index is 0.0184. The third-order valence-electron chi connectivity index (χ3n) is 3.88. The van der Waals surface area contributed by atoms with Crippen molar-refractivity contribution < 1.29 is 16.8 Å². The molecule has 1 atom stereocenters. The van der Waals surface area contributed by atoms with E-state index in [1.54, 1.807) is 6.92 Å². The summed E-state index contributed by atoms with van der Waals surface area (Å²) < 4.78 is 52.2. The number of sulfonamides is 2. The van der Waals surface area contributed by atoms with E-state index < -0.39 is 25.3 Å². The summed E-state index contributed by atoms with van der Waals surface area (Å²) in [5, 5.41) is -0.714. The van der Waals surface area contributed by atoms with Crippen LogP contribution in [-0.2, 0) is 20.0 Å². The van der Waals surface area contributed by atoms with Crippen LogP contribution in [0.3, 0.4) is 0 Å². The Labute approximate surface area is 143 Å². The third kappa shape index (κ3) is 4.79. The van der Waals surface area contributed by atoms with Gasteiger partial charge in [0.15, 0.2) is 0 Å². The lowest BCUT2D eigenvalue weighted by Crippen LogP contribution is -2.39. The summed E-state index contributed by atoms with van der Waals surface area (Å²) in [6.07, 6.45) is 11.4. The summed E-state index contributed by atoms with van der Waals surface area (Å²) >= 11 is 0. The minimum Gasteiger partial charge on any atom is -0.344 e. The second kappa shape index (κ2) is 7.64. The van der Waals surface area contributed by atoms with Crippen LogP contribution in [0.15, 0.2) is 47.9 Å². The number of allylic oxidation sites excluding steroid dienone is 4. The van der Waals surface area contributed by atoms with Crippen molar-refractivity contribution in [3.8, 4) is 0 Å². The van der Waals surface area contributed by atoms with E-state index in [0.29, 0.717) is 6.54 Å². The van der Waals surface area contributed by atoms with Gasteiger partial charge in [0, 0.05) is 31.5 Å². The van der Waals surface area contributed by atoms with Crippen molar-refractivity contribution in [1.82, 2.24) is 14.3 Å². The Hall–Kier alpha value is -1.42. The van der Waals surface area contributed by atoms with E-state index in [1.807, 2.05) is 41.5 Å². The highest BCUT2D eigenvalue weighted by molar-refractivity contribution is 7.90. The van der Waals surface area contributed by atoms with Gasteiger partial charge in [0.25, 0.3) is 0 Å². The number of fused-ring (bicyclic) bond motifs is 1. The maximum absolute atomic E-state index is 12.4. The molecule has 0 spiro atoms. The SMILES string of the molecule is CCS(=O)(=O)NCCNS(=O)(=O)C(C)C1=CCN2C=CC=CC2=C1. The standard InChI is InChI=1S/C15H23N3O4S2/c1-3-23(19,20)16-8-9-17-24(21,22)13(2)14-7-11-18-10-5-4-6-15(18)12-14/h4-7,10,12-13,16-17H,3,8-9,11H2,1-2H3. The molecule has 0 aromatic heterocycles. The zero-order valence-corrected chi connectivity index (χ0v) is 15.4. The van der Waals surface area contributed by atoms with E-state index in [-0.39, 0.29) is 18.8 Å². The quantitative estimate of drug-likeness (QED) is 0.602. The maximum atomic E-state index is 12.4. The average Bonchev–Trinajstić information content (AvgIpc) is 2.57. The van der Waals surface area contributed by atoms with Gasteiger partial charge in [-0.2, -0.15) is 0 Å². The minimum atomic E-state index is -3.58. The van der Waals surface area contributed by atoms with Crippen LogP contribution in [0, 0.1) is 0 Å². The second-order valence-electron chi connectivity index (χ2n) is 5.51. The molecule has 9 heteroatoms. The first kappa shape index (κ1) is 18.9. The largest absolute Gasteiger partial charge is 0.344 e. The molecule has 2 aliphatic heterocycles. The van der Waals surface area contributed by atoms with Crippen LogP contribution in [0.1, 0.15) is 13.8 Å². The number of rotatable bonds is 8. The van der Waals surface area contributed by atoms with Crippen molar-refractivity contribution in [1.29, 1.82) is 0 Å². The van der Waals surface area contributed by atoms with Crippen molar-refractivity contribution in [3.63, 3.8) is 0 Å². The van der Waals surface area contributed by atoms with E-state index >= 15 is 0 Å². The predicted molar refractivity (Wildman–Crippen MR) is 95.0 cm³/mol. The molecular formula is C15H23N3O4S2. The molecule has 0 bridgehead atoms. The average molecular weight is 374 g/mol. The van der Waals surface area contributed by atoms with Crippen LogP contribution in [0.25, 0.3) is 0 Å². The van der Waals surface area contributed by atoms with Gasteiger partial charge in [-0.1, -0.05) is 12.2 Å². The Balaban J connectivity index is 1.95. The molecule has 7 nitrogen and oxygen atoms in total. The van der Waals surface area contributed by atoms with Crippen molar-refractivity contribution in [2.45, 2.75) is 19.1 Å². The van der Waals surface area contributed by atoms with Gasteiger partial charge in [-0.25, -0.2) is 26.3 Å². The molecule has 2 rings (SSSR count). The number of hydrogen-bond acceptors (Lipinski definition) is 5. The number of hydrogen-bond donors (Lipinski definition) is 2. The van der Waals surface area contributed by atoms with Crippen molar-refractivity contribution in [2.24, 2.45) is 0 Å². The summed E-state index contributed by atoms with van der Waals surface area (Å²) in [5.74, 6) is -0.0327. The first-order valence-corrected chi connectivity index (χ1v) is 10.9. The first-order chi connectivity index (χ1) is 11.2. The van der Waals surface area contributed by atoms with Crippen molar-refractivity contribution in [2.75, 3.05) is 25.4 Å². The Morgan fingerprint density at radius 1 is 1.17 bits per heavy atom. The molecule has 0 aromatic rings. The summed E-state index contributed by atoms with van der Waals surface area (Å²) in [4.78, 5) is 2.02. The lowest BCUT2D eigenvalue weighted by Gasteiger charge is -2.28. The molecule has 2 N–H and O–H groups in total. The molecule has 0 fully saturated rings. The highest BCUT2D eigenvalue weighted by Crippen LogP contribution is 2.23. The Morgan fingerprint density at radius 3 is 2.58 bits per heavy atom. The van der Waals surface area contributed by atoms with Gasteiger partial charge in [-0.15, -0.1) is 0 Å². The maximum Gasteiger partial charge on any atom is 0.218 e. The molecule has 0 amide bonds. The highest BCUT2D eigenvalue weighted by atomic mass is 32.2. The van der Waals surface area contributed by atoms with Gasteiger partial charge >= 0.3 is 0 Å².